The molecule has 25 heavy (non-hydrogen) atoms. The van der Waals surface area contributed by atoms with Gasteiger partial charge in [0.05, 0.1) is 6.54 Å². The van der Waals surface area contributed by atoms with Crippen molar-refractivity contribution in [1.29, 1.82) is 0 Å². The fourth-order valence-electron chi connectivity index (χ4n) is 3.89. The Hall–Kier alpha value is -1.78. The summed E-state index contributed by atoms with van der Waals surface area (Å²) in [6.07, 6.45) is 14.8. The quantitative estimate of drug-likeness (QED) is 0.498. The minimum absolute atomic E-state index is 0.497. The van der Waals surface area contributed by atoms with Gasteiger partial charge in [0.1, 0.15) is 5.82 Å². The van der Waals surface area contributed by atoms with Crippen LogP contribution in [0.2, 0.25) is 0 Å². The number of pyridine rings is 1. The van der Waals surface area contributed by atoms with Crippen LogP contribution in [0.15, 0.2) is 23.3 Å². The number of hydrogen-bond donors (Lipinski definition) is 2. The molecular formula is C20H33N5. The molecule has 2 heterocycles. The van der Waals surface area contributed by atoms with E-state index in [-0.39, 0.29) is 0 Å². The molecule has 2 aliphatic rings. The summed E-state index contributed by atoms with van der Waals surface area (Å²) in [5.41, 5.74) is 7.30. The van der Waals surface area contributed by atoms with E-state index in [1.165, 1.54) is 69.8 Å². The van der Waals surface area contributed by atoms with Crippen molar-refractivity contribution in [2.75, 3.05) is 18.0 Å². The Kier molecular flexibility index (Phi) is 6.95. The molecule has 0 amide bonds. The molecule has 0 atom stereocenters. The van der Waals surface area contributed by atoms with Crippen LogP contribution in [0.5, 0.6) is 0 Å². The van der Waals surface area contributed by atoms with Crippen molar-refractivity contribution >= 4 is 11.8 Å². The van der Waals surface area contributed by atoms with E-state index in [0.717, 1.165) is 18.9 Å². The zero-order valence-electron chi connectivity index (χ0n) is 15.4. The van der Waals surface area contributed by atoms with Crippen LogP contribution in [0.3, 0.4) is 0 Å². The Balaban J connectivity index is 1.55. The van der Waals surface area contributed by atoms with Crippen molar-refractivity contribution in [3.05, 3.63) is 23.9 Å². The molecule has 2 fully saturated rings. The Labute approximate surface area is 152 Å². The molecule has 0 radical (unpaired) electrons. The van der Waals surface area contributed by atoms with Crippen LogP contribution >= 0.6 is 0 Å². The molecule has 0 aromatic carbocycles. The number of anilines is 1. The van der Waals surface area contributed by atoms with E-state index in [4.69, 9.17) is 5.73 Å². The first-order valence-corrected chi connectivity index (χ1v) is 10.1. The standard InChI is InChI=1S/C20H33N5/c21-20(24-18-9-5-1-2-6-10-18)23-16-17-11-12-22-19(15-17)25-13-7-3-4-8-14-25/h11-12,15,18H,1-10,13-14,16H2,(H3,21,23,24). The molecule has 1 aromatic rings. The van der Waals surface area contributed by atoms with E-state index in [1.807, 2.05) is 12.3 Å². The Morgan fingerprint density at radius 2 is 1.76 bits per heavy atom. The summed E-state index contributed by atoms with van der Waals surface area (Å²) in [5, 5.41) is 3.42. The van der Waals surface area contributed by atoms with Gasteiger partial charge in [-0.15, -0.1) is 0 Å². The highest BCUT2D eigenvalue weighted by molar-refractivity contribution is 5.78. The molecule has 0 spiro atoms. The third-order valence-electron chi connectivity index (χ3n) is 5.38. The summed E-state index contributed by atoms with van der Waals surface area (Å²) < 4.78 is 0. The fraction of sp³-hybridized carbons (Fsp3) is 0.700. The highest BCUT2D eigenvalue weighted by Gasteiger charge is 2.13. The normalized spacial score (nSPS) is 20.8. The molecule has 1 aliphatic heterocycles. The molecule has 3 N–H and O–H groups in total. The molecule has 1 aromatic heterocycles. The van der Waals surface area contributed by atoms with Gasteiger partial charge in [0.15, 0.2) is 5.96 Å². The number of nitrogens with zero attached hydrogens (tertiary/aromatic N) is 3. The molecular weight excluding hydrogens is 310 g/mol. The SMILES string of the molecule is NC(=NCc1ccnc(N2CCCCCC2)c1)NC1CCCCCC1. The first kappa shape index (κ1) is 18.0. The third kappa shape index (κ3) is 5.91. The number of aliphatic imine (C=N–C) groups is 1. The first-order chi connectivity index (χ1) is 12.3. The monoisotopic (exact) mass is 343 g/mol. The lowest BCUT2D eigenvalue weighted by atomic mass is 10.1. The molecule has 5 heteroatoms. The predicted octanol–water partition coefficient (Wildman–Crippen LogP) is 3.59. The number of hydrogen-bond acceptors (Lipinski definition) is 3. The van der Waals surface area contributed by atoms with Gasteiger partial charge in [-0.25, -0.2) is 9.98 Å². The van der Waals surface area contributed by atoms with Crippen LogP contribution in [0.25, 0.3) is 0 Å². The maximum absolute atomic E-state index is 6.12. The second-order valence-electron chi connectivity index (χ2n) is 7.46. The summed E-state index contributed by atoms with van der Waals surface area (Å²) in [6, 6.07) is 4.72. The average molecular weight is 344 g/mol. The van der Waals surface area contributed by atoms with Crippen LogP contribution in [0.4, 0.5) is 5.82 Å². The average Bonchev–Trinajstić information content (AvgIpc) is 3.05. The maximum Gasteiger partial charge on any atom is 0.189 e. The van der Waals surface area contributed by atoms with Gasteiger partial charge in [-0.1, -0.05) is 38.5 Å². The largest absolute Gasteiger partial charge is 0.370 e. The topological polar surface area (TPSA) is 66.5 Å². The number of nitrogens with one attached hydrogen (secondary N) is 1. The van der Waals surface area contributed by atoms with Gasteiger partial charge in [0.25, 0.3) is 0 Å². The number of nitrogens with two attached hydrogens (primary N) is 1. The van der Waals surface area contributed by atoms with E-state index in [0.29, 0.717) is 18.5 Å². The lowest BCUT2D eigenvalue weighted by Gasteiger charge is -2.21. The van der Waals surface area contributed by atoms with Crippen molar-refractivity contribution < 1.29 is 0 Å². The van der Waals surface area contributed by atoms with Crippen molar-refractivity contribution in [1.82, 2.24) is 10.3 Å². The van der Waals surface area contributed by atoms with Crippen molar-refractivity contribution in [2.24, 2.45) is 10.7 Å². The Morgan fingerprint density at radius 1 is 1.08 bits per heavy atom. The maximum atomic E-state index is 6.12. The van der Waals surface area contributed by atoms with Crippen LogP contribution < -0.4 is 16.0 Å². The van der Waals surface area contributed by atoms with Gasteiger partial charge in [0.2, 0.25) is 0 Å². The van der Waals surface area contributed by atoms with Gasteiger partial charge in [0, 0.05) is 25.3 Å². The summed E-state index contributed by atoms with van der Waals surface area (Å²) in [4.78, 5) is 11.5. The summed E-state index contributed by atoms with van der Waals surface area (Å²) in [7, 11) is 0. The van der Waals surface area contributed by atoms with Gasteiger partial charge >= 0.3 is 0 Å². The summed E-state index contributed by atoms with van der Waals surface area (Å²) in [6.45, 7) is 2.85. The number of guanidine groups is 1. The van der Waals surface area contributed by atoms with Crippen LogP contribution in [-0.4, -0.2) is 30.1 Å². The Bertz CT molecular complexity index is 541. The molecule has 5 nitrogen and oxygen atoms in total. The van der Waals surface area contributed by atoms with Crippen molar-refractivity contribution in [3.8, 4) is 0 Å². The zero-order chi connectivity index (χ0) is 17.3. The molecule has 1 saturated heterocycles. The Morgan fingerprint density at radius 3 is 2.48 bits per heavy atom. The molecule has 0 bridgehead atoms. The van der Waals surface area contributed by atoms with Gasteiger partial charge in [-0.3, -0.25) is 0 Å². The zero-order valence-corrected chi connectivity index (χ0v) is 15.4. The summed E-state index contributed by atoms with van der Waals surface area (Å²) >= 11 is 0. The lowest BCUT2D eigenvalue weighted by molar-refractivity contribution is 0.530. The van der Waals surface area contributed by atoms with E-state index >= 15 is 0 Å². The van der Waals surface area contributed by atoms with E-state index in [9.17, 15) is 0 Å². The second-order valence-corrected chi connectivity index (χ2v) is 7.46. The molecule has 138 valence electrons. The van der Waals surface area contributed by atoms with Crippen molar-refractivity contribution in [3.63, 3.8) is 0 Å². The lowest BCUT2D eigenvalue weighted by Crippen LogP contribution is -2.39. The smallest absolute Gasteiger partial charge is 0.189 e. The van der Waals surface area contributed by atoms with Crippen LogP contribution in [0.1, 0.15) is 69.8 Å². The summed E-state index contributed by atoms with van der Waals surface area (Å²) in [5.74, 6) is 1.67. The second kappa shape index (κ2) is 9.64. The minimum Gasteiger partial charge on any atom is -0.370 e. The molecule has 1 aliphatic carbocycles. The molecule has 3 rings (SSSR count). The van der Waals surface area contributed by atoms with Gasteiger partial charge < -0.3 is 16.0 Å². The number of aromatic nitrogens is 1. The third-order valence-corrected chi connectivity index (χ3v) is 5.38. The van der Waals surface area contributed by atoms with Gasteiger partial charge in [-0.05, 0) is 43.4 Å². The van der Waals surface area contributed by atoms with E-state index < -0.39 is 0 Å². The van der Waals surface area contributed by atoms with Crippen LogP contribution in [0, 0.1) is 0 Å². The highest BCUT2D eigenvalue weighted by atomic mass is 15.2. The minimum atomic E-state index is 0.497. The highest BCUT2D eigenvalue weighted by Crippen LogP contribution is 2.19. The molecule has 1 saturated carbocycles. The first-order valence-electron chi connectivity index (χ1n) is 10.1. The van der Waals surface area contributed by atoms with E-state index in [2.05, 4.69) is 26.3 Å². The molecule has 0 unspecified atom stereocenters. The number of rotatable bonds is 4. The van der Waals surface area contributed by atoms with Crippen molar-refractivity contribution in [2.45, 2.75) is 76.8 Å². The van der Waals surface area contributed by atoms with Gasteiger partial charge in [-0.2, -0.15) is 0 Å². The van der Waals surface area contributed by atoms with Crippen LogP contribution in [-0.2, 0) is 6.54 Å². The predicted molar refractivity (Wildman–Crippen MR) is 105 cm³/mol. The fourth-order valence-corrected chi connectivity index (χ4v) is 3.89. The van der Waals surface area contributed by atoms with E-state index in [1.54, 1.807) is 0 Å².